The summed E-state index contributed by atoms with van der Waals surface area (Å²) in [6.45, 7) is 5.02. The van der Waals surface area contributed by atoms with Gasteiger partial charge in [-0.3, -0.25) is 4.79 Å². The summed E-state index contributed by atoms with van der Waals surface area (Å²) in [5.74, 6) is 0.584. The normalized spacial score (nSPS) is 14.1. The largest absolute Gasteiger partial charge is 0.352 e. The van der Waals surface area contributed by atoms with Crippen LogP contribution in [0.25, 0.3) is 5.00 Å². The first-order valence-electron chi connectivity index (χ1n) is 7.83. The van der Waals surface area contributed by atoms with Crippen LogP contribution in [0.15, 0.2) is 6.33 Å². The van der Waals surface area contributed by atoms with Crippen LogP contribution in [0.4, 0.5) is 0 Å². The average molecular weight is 319 g/mol. The third kappa shape index (κ3) is 3.04. The van der Waals surface area contributed by atoms with E-state index in [1.165, 1.54) is 16.9 Å². The summed E-state index contributed by atoms with van der Waals surface area (Å²) in [4.78, 5) is 14.0. The lowest BCUT2D eigenvalue weighted by molar-refractivity contribution is 0.0951. The Labute approximate surface area is 133 Å². The van der Waals surface area contributed by atoms with Crippen LogP contribution in [0, 0.1) is 5.92 Å². The van der Waals surface area contributed by atoms with Crippen LogP contribution in [-0.4, -0.2) is 32.7 Å². The lowest BCUT2D eigenvalue weighted by Crippen LogP contribution is -2.27. The van der Waals surface area contributed by atoms with E-state index in [1.807, 2.05) is 0 Å². The van der Waals surface area contributed by atoms with Crippen molar-refractivity contribution in [1.29, 1.82) is 0 Å². The average Bonchev–Trinajstić information content (AvgIpc) is 3.13. The Balaban J connectivity index is 1.90. The van der Waals surface area contributed by atoms with Crippen LogP contribution in [0.1, 0.15) is 53.9 Å². The van der Waals surface area contributed by atoms with E-state index >= 15 is 0 Å². The number of carbonyl (C=O) groups is 1. The number of tetrazole rings is 1. The van der Waals surface area contributed by atoms with Crippen molar-refractivity contribution >= 4 is 17.2 Å². The van der Waals surface area contributed by atoms with Gasteiger partial charge in [0.05, 0.1) is 5.56 Å². The Bertz CT molecular complexity index is 647. The van der Waals surface area contributed by atoms with Crippen molar-refractivity contribution in [3.8, 4) is 5.00 Å². The smallest absolute Gasteiger partial charge is 0.254 e. The van der Waals surface area contributed by atoms with Gasteiger partial charge in [0.15, 0.2) is 0 Å². The molecule has 1 aliphatic carbocycles. The molecular weight excluding hydrogens is 298 g/mol. The second kappa shape index (κ2) is 6.56. The molecule has 118 valence electrons. The van der Waals surface area contributed by atoms with Gasteiger partial charge in [-0.2, -0.15) is 4.68 Å². The highest BCUT2D eigenvalue weighted by molar-refractivity contribution is 7.15. The molecule has 2 aromatic rings. The molecule has 6 nitrogen and oxygen atoms in total. The van der Waals surface area contributed by atoms with Crippen LogP contribution >= 0.6 is 11.3 Å². The van der Waals surface area contributed by atoms with Gasteiger partial charge >= 0.3 is 0 Å². The van der Waals surface area contributed by atoms with Gasteiger partial charge in [0, 0.05) is 11.4 Å². The molecule has 0 aliphatic heterocycles. The van der Waals surface area contributed by atoms with E-state index in [-0.39, 0.29) is 5.91 Å². The van der Waals surface area contributed by atoms with Crippen LogP contribution in [0.2, 0.25) is 0 Å². The Hall–Kier alpha value is -1.76. The number of hydrogen-bond donors (Lipinski definition) is 1. The molecule has 7 heteroatoms. The van der Waals surface area contributed by atoms with Crippen molar-refractivity contribution in [3.63, 3.8) is 0 Å². The van der Waals surface area contributed by atoms with Crippen molar-refractivity contribution in [3.05, 3.63) is 22.3 Å². The molecule has 3 rings (SSSR count). The Morgan fingerprint density at radius 3 is 2.95 bits per heavy atom. The molecule has 1 amide bonds. The van der Waals surface area contributed by atoms with Crippen molar-refractivity contribution < 1.29 is 4.79 Å². The molecular formula is C15H21N5OS. The molecule has 0 aromatic carbocycles. The Kier molecular flexibility index (Phi) is 4.52. The van der Waals surface area contributed by atoms with E-state index in [0.717, 1.165) is 36.2 Å². The van der Waals surface area contributed by atoms with E-state index in [2.05, 4.69) is 34.7 Å². The second-order valence-corrected chi connectivity index (χ2v) is 7.17. The third-order valence-corrected chi connectivity index (χ3v) is 5.23. The first kappa shape index (κ1) is 15.1. The molecule has 1 N–H and O–H groups in total. The van der Waals surface area contributed by atoms with Gasteiger partial charge in [-0.15, -0.1) is 16.4 Å². The number of amides is 1. The highest BCUT2D eigenvalue weighted by atomic mass is 32.1. The van der Waals surface area contributed by atoms with Gasteiger partial charge in [-0.05, 0) is 54.0 Å². The van der Waals surface area contributed by atoms with E-state index in [1.54, 1.807) is 22.3 Å². The SMILES string of the molecule is CC(C)CCNC(=O)c1c(-n2cnnn2)sc2c1CCCC2. The van der Waals surface area contributed by atoms with Crippen LogP contribution < -0.4 is 5.32 Å². The number of aromatic nitrogens is 4. The number of rotatable bonds is 5. The minimum absolute atomic E-state index is 0.00514. The molecule has 0 atom stereocenters. The minimum atomic E-state index is 0.00514. The molecule has 0 saturated heterocycles. The number of nitrogens with one attached hydrogen (secondary N) is 1. The first-order valence-corrected chi connectivity index (χ1v) is 8.64. The number of fused-ring (bicyclic) bond motifs is 1. The zero-order chi connectivity index (χ0) is 15.5. The topological polar surface area (TPSA) is 72.7 Å². The standard InChI is InChI=1S/C15H21N5OS/c1-10(2)7-8-16-14(21)13-11-5-3-4-6-12(11)22-15(13)20-9-17-18-19-20/h9-10H,3-8H2,1-2H3,(H,16,21). The summed E-state index contributed by atoms with van der Waals surface area (Å²) in [6.07, 6.45) is 6.90. The maximum Gasteiger partial charge on any atom is 0.254 e. The monoisotopic (exact) mass is 319 g/mol. The Morgan fingerprint density at radius 1 is 1.41 bits per heavy atom. The van der Waals surface area contributed by atoms with E-state index in [0.29, 0.717) is 12.5 Å². The fourth-order valence-electron chi connectivity index (χ4n) is 2.76. The summed E-state index contributed by atoms with van der Waals surface area (Å²) in [6, 6.07) is 0. The minimum Gasteiger partial charge on any atom is -0.352 e. The van der Waals surface area contributed by atoms with Gasteiger partial charge in [0.25, 0.3) is 5.91 Å². The van der Waals surface area contributed by atoms with Gasteiger partial charge in [-0.25, -0.2) is 0 Å². The lowest BCUT2D eigenvalue weighted by Gasteiger charge is -2.13. The molecule has 0 radical (unpaired) electrons. The van der Waals surface area contributed by atoms with Crippen LogP contribution in [-0.2, 0) is 12.8 Å². The summed E-state index contributed by atoms with van der Waals surface area (Å²) in [7, 11) is 0. The van der Waals surface area contributed by atoms with E-state index in [9.17, 15) is 4.79 Å². The molecule has 2 heterocycles. The fraction of sp³-hybridized carbons (Fsp3) is 0.600. The molecule has 1 aliphatic rings. The van der Waals surface area contributed by atoms with Crippen molar-refractivity contribution in [2.75, 3.05) is 6.54 Å². The zero-order valence-corrected chi connectivity index (χ0v) is 13.8. The molecule has 0 spiro atoms. The highest BCUT2D eigenvalue weighted by Crippen LogP contribution is 2.36. The summed E-state index contributed by atoms with van der Waals surface area (Å²) in [5, 5.41) is 15.3. The van der Waals surface area contributed by atoms with Gasteiger partial charge in [0.2, 0.25) is 0 Å². The van der Waals surface area contributed by atoms with Gasteiger partial charge < -0.3 is 5.32 Å². The van der Waals surface area contributed by atoms with E-state index < -0.39 is 0 Å². The zero-order valence-electron chi connectivity index (χ0n) is 13.0. The van der Waals surface area contributed by atoms with E-state index in [4.69, 9.17) is 0 Å². The quantitative estimate of drug-likeness (QED) is 0.918. The van der Waals surface area contributed by atoms with Crippen molar-refractivity contribution in [2.45, 2.75) is 46.0 Å². The summed E-state index contributed by atoms with van der Waals surface area (Å²) < 4.78 is 1.61. The lowest BCUT2D eigenvalue weighted by atomic mass is 9.95. The molecule has 2 aromatic heterocycles. The number of hydrogen-bond acceptors (Lipinski definition) is 5. The summed E-state index contributed by atoms with van der Waals surface area (Å²) >= 11 is 1.65. The maximum absolute atomic E-state index is 12.7. The Morgan fingerprint density at radius 2 is 2.23 bits per heavy atom. The molecule has 0 unspecified atom stereocenters. The number of thiophene rings is 1. The third-order valence-electron chi connectivity index (χ3n) is 3.94. The molecule has 0 fully saturated rings. The highest BCUT2D eigenvalue weighted by Gasteiger charge is 2.26. The fourth-order valence-corrected chi connectivity index (χ4v) is 4.07. The number of nitrogens with zero attached hydrogens (tertiary/aromatic N) is 4. The van der Waals surface area contributed by atoms with Gasteiger partial charge in [0.1, 0.15) is 11.3 Å². The van der Waals surface area contributed by atoms with Crippen LogP contribution in [0.5, 0.6) is 0 Å². The predicted octanol–water partition coefficient (Wildman–Crippen LogP) is 2.38. The maximum atomic E-state index is 12.7. The van der Waals surface area contributed by atoms with Crippen molar-refractivity contribution in [1.82, 2.24) is 25.5 Å². The molecule has 0 bridgehead atoms. The second-order valence-electron chi connectivity index (χ2n) is 6.08. The number of aryl methyl sites for hydroxylation is 1. The predicted molar refractivity (Wildman–Crippen MR) is 85.5 cm³/mol. The summed E-state index contributed by atoms with van der Waals surface area (Å²) in [5.41, 5.74) is 1.97. The molecule has 0 saturated carbocycles. The number of carbonyl (C=O) groups excluding carboxylic acids is 1. The first-order chi connectivity index (χ1) is 10.7. The molecule has 22 heavy (non-hydrogen) atoms. The van der Waals surface area contributed by atoms with Crippen molar-refractivity contribution in [2.24, 2.45) is 5.92 Å². The van der Waals surface area contributed by atoms with Crippen LogP contribution in [0.3, 0.4) is 0 Å². The van der Waals surface area contributed by atoms with Gasteiger partial charge in [-0.1, -0.05) is 13.8 Å².